The number of benzene rings is 3. The van der Waals surface area contributed by atoms with Gasteiger partial charge in [0, 0.05) is 12.6 Å². The number of nitrogens with zero attached hydrogens (tertiary/aromatic N) is 6. The van der Waals surface area contributed by atoms with Crippen molar-refractivity contribution in [3.05, 3.63) is 89.5 Å². The van der Waals surface area contributed by atoms with Gasteiger partial charge in [0.05, 0.1) is 27.9 Å². The molecule has 0 aliphatic heterocycles. The van der Waals surface area contributed by atoms with Gasteiger partial charge in [0.25, 0.3) is 0 Å². The first-order chi connectivity index (χ1) is 19.4. The first-order valence-electron chi connectivity index (χ1n) is 12.2. The molecule has 0 saturated heterocycles. The molecule has 0 amide bonds. The highest BCUT2D eigenvalue weighted by Gasteiger charge is 2.05. The van der Waals surface area contributed by atoms with Gasteiger partial charge in [-0.05, 0) is 42.7 Å². The summed E-state index contributed by atoms with van der Waals surface area (Å²) in [6, 6.07) is 24.7. The number of thiol groups is 2. The molecule has 0 bridgehead atoms. The van der Waals surface area contributed by atoms with Crippen LogP contribution < -0.4 is 10.7 Å². The summed E-state index contributed by atoms with van der Waals surface area (Å²) >= 11 is 10.1. The summed E-state index contributed by atoms with van der Waals surface area (Å²) in [4.78, 5) is 4.74. The number of hydrogen-bond acceptors (Lipinski definition) is 7. The minimum Gasteiger partial charge on any atom is -0.366 e. The van der Waals surface area contributed by atoms with Crippen LogP contribution in [0.25, 0.3) is 32.9 Å². The minimum absolute atomic E-state index is 0.241. The zero-order valence-corrected chi connectivity index (χ0v) is 24.8. The summed E-state index contributed by atoms with van der Waals surface area (Å²) in [5, 5.41) is 24.6. The molecule has 2 N–H and O–H groups in total. The average molecular weight is 585 g/mol. The number of amidine groups is 2. The number of thiazole rings is 1. The van der Waals surface area contributed by atoms with Gasteiger partial charge in [-0.2, -0.15) is 15.3 Å². The first-order valence-corrected chi connectivity index (χ1v) is 14.0. The fourth-order valence-electron chi connectivity index (χ4n) is 3.24. The Balaban J connectivity index is 1.30. The SMILES string of the molecule is CN/C(S)=N/N=C(C)/C(C)=N/N=C(\S)N/N=C/c1ccc(/C=C/c2ccc(-c3nc4ccccc4s3)cc2)cc1. The third-order valence-corrected chi connectivity index (χ3v) is 7.16. The Bertz CT molecular complexity index is 1600. The summed E-state index contributed by atoms with van der Waals surface area (Å²) < 4.78 is 1.20. The standard InChI is InChI=1S/C29H28N8S3/c1-19(33-36-28(38)30-3)20(2)34-37-29(39)35-31-18-23-12-10-21(11-13-23)8-9-22-14-16-24(17-15-22)27-32-25-6-4-5-7-26(25)40-27/h4-18H,1-3H3,(H2,30,36,38)(H2,35,37,39)/b9-8+,31-18+,33-19+,34-20+. The quantitative estimate of drug-likeness (QED) is 0.0617. The molecule has 4 aromatic rings. The van der Waals surface area contributed by atoms with Crippen LogP contribution in [-0.2, 0) is 0 Å². The molecule has 0 atom stereocenters. The van der Waals surface area contributed by atoms with Gasteiger partial charge in [0.1, 0.15) is 5.01 Å². The summed E-state index contributed by atoms with van der Waals surface area (Å²) in [6.07, 6.45) is 5.86. The molecule has 40 heavy (non-hydrogen) atoms. The van der Waals surface area contributed by atoms with Crippen LogP contribution in [0, 0.1) is 0 Å². The number of rotatable bonds is 8. The van der Waals surface area contributed by atoms with E-state index in [1.54, 1.807) is 38.4 Å². The topological polar surface area (TPSA) is 98.8 Å². The van der Waals surface area contributed by atoms with Crippen molar-refractivity contribution in [3.8, 4) is 10.6 Å². The maximum Gasteiger partial charge on any atom is 0.200 e. The predicted molar refractivity (Wildman–Crippen MR) is 179 cm³/mol. The number of para-hydroxylation sites is 1. The number of aromatic nitrogens is 1. The Kier molecular flexibility index (Phi) is 10.4. The van der Waals surface area contributed by atoms with Crippen LogP contribution in [-0.4, -0.2) is 40.0 Å². The van der Waals surface area contributed by atoms with Gasteiger partial charge in [-0.25, -0.2) is 4.98 Å². The van der Waals surface area contributed by atoms with E-state index in [1.165, 1.54) is 4.70 Å². The second-order valence-electron chi connectivity index (χ2n) is 8.45. The van der Waals surface area contributed by atoms with Crippen LogP contribution in [0.5, 0.6) is 0 Å². The highest BCUT2D eigenvalue weighted by atomic mass is 32.1. The van der Waals surface area contributed by atoms with Crippen LogP contribution in [0.4, 0.5) is 0 Å². The molecule has 0 aliphatic rings. The number of hydrazone groups is 1. The summed E-state index contributed by atoms with van der Waals surface area (Å²) in [6.45, 7) is 3.55. The molecule has 0 spiro atoms. The van der Waals surface area contributed by atoms with Crippen LogP contribution in [0.15, 0.2) is 98.3 Å². The Labute approximate surface area is 248 Å². The normalized spacial score (nSPS) is 13.5. The second kappa shape index (κ2) is 14.4. The predicted octanol–water partition coefficient (Wildman–Crippen LogP) is 6.60. The van der Waals surface area contributed by atoms with Gasteiger partial charge < -0.3 is 5.32 Å². The first kappa shape index (κ1) is 28.9. The van der Waals surface area contributed by atoms with E-state index >= 15 is 0 Å². The number of nitrogens with one attached hydrogen (secondary N) is 2. The van der Waals surface area contributed by atoms with Crippen LogP contribution >= 0.6 is 36.6 Å². The van der Waals surface area contributed by atoms with Crippen molar-refractivity contribution in [1.82, 2.24) is 15.7 Å². The third kappa shape index (κ3) is 8.47. The molecule has 202 valence electrons. The van der Waals surface area contributed by atoms with E-state index < -0.39 is 0 Å². The molecule has 1 heterocycles. The van der Waals surface area contributed by atoms with Crippen molar-refractivity contribution in [2.45, 2.75) is 13.8 Å². The molecule has 0 aliphatic carbocycles. The molecule has 0 unspecified atom stereocenters. The fourth-order valence-corrected chi connectivity index (χ4v) is 4.36. The molecule has 4 rings (SSSR count). The molecular weight excluding hydrogens is 557 g/mol. The van der Waals surface area contributed by atoms with Crippen molar-refractivity contribution in [1.29, 1.82) is 0 Å². The summed E-state index contributed by atoms with van der Waals surface area (Å²) in [7, 11) is 1.71. The molecular formula is C29H28N8S3. The van der Waals surface area contributed by atoms with Crippen molar-refractivity contribution in [2.24, 2.45) is 25.5 Å². The molecule has 0 fully saturated rings. The van der Waals surface area contributed by atoms with E-state index in [1.807, 2.05) is 42.5 Å². The second-order valence-corrected chi connectivity index (χ2v) is 10.3. The van der Waals surface area contributed by atoms with Crippen molar-refractivity contribution in [3.63, 3.8) is 0 Å². The van der Waals surface area contributed by atoms with Gasteiger partial charge in [-0.3, -0.25) is 5.43 Å². The molecule has 3 aromatic carbocycles. The maximum atomic E-state index is 4.74. The molecule has 8 nitrogen and oxygen atoms in total. The highest BCUT2D eigenvalue weighted by Crippen LogP contribution is 2.30. The van der Waals surface area contributed by atoms with Gasteiger partial charge in [-0.15, -0.1) is 46.8 Å². The van der Waals surface area contributed by atoms with E-state index in [-0.39, 0.29) is 5.17 Å². The smallest absolute Gasteiger partial charge is 0.200 e. The van der Waals surface area contributed by atoms with E-state index in [0.29, 0.717) is 16.6 Å². The van der Waals surface area contributed by atoms with Crippen molar-refractivity contribution in [2.75, 3.05) is 7.05 Å². The maximum absolute atomic E-state index is 4.74. The molecule has 0 saturated carbocycles. The van der Waals surface area contributed by atoms with Gasteiger partial charge >= 0.3 is 0 Å². The lowest BCUT2D eigenvalue weighted by Gasteiger charge is -1.99. The number of fused-ring (bicyclic) bond motifs is 1. The van der Waals surface area contributed by atoms with Gasteiger partial charge in [0.2, 0.25) is 0 Å². The number of hydrogen-bond donors (Lipinski definition) is 4. The van der Waals surface area contributed by atoms with E-state index in [0.717, 1.165) is 32.8 Å². The van der Waals surface area contributed by atoms with Gasteiger partial charge in [-0.1, -0.05) is 72.8 Å². The lowest BCUT2D eigenvalue weighted by molar-refractivity contribution is 1.03. The van der Waals surface area contributed by atoms with Crippen molar-refractivity contribution >= 4 is 86.9 Å². The third-order valence-electron chi connectivity index (χ3n) is 5.57. The van der Waals surface area contributed by atoms with Crippen LogP contribution in [0.3, 0.4) is 0 Å². The molecule has 0 radical (unpaired) electrons. The largest absolute Gasteiger partial charge is 0.366 e. The van der Waals surface area contributed by atoms with E-state index in [9.17, 15) is 0 Å². The zero-order valence-electron chi connectivity index (χ0n) is 22.1. The zero-order chi connectivity index (χ0) is 28.3. The van der Waals surface area contributed by atoms with E-state index in [4.69, 9.17) is 4.98 Å². The summed E-state index contributed by atoms with van der Waals surface area (Å²) in [5.41, 5.74) is 9.23. The Morgan fingerprint density at radius 2 is 1.32 bits per heavy atom. The summed E-state index contributed by atoms with van der Waals surface area (Å²) in [5.74, 6) is 0. The van der Waals surface area contributed by atoms with Crippen molar-refractivity contribution < 1.29 is 0 Å². The van der Waals surface area contributed by atoms with Crippen LogP contribution in [0.1, 0.15) is 30.5 Å². The van der Waals surface area contributed by atoms with E-state index in [2.05, 4.69) is 104 Å². The molecule has 11 heteroatoms. The lowest BCUT2D eigenvalue weighted by atomic mass is 10.1. The molecule has 1 aromatic heterocycles. The van der Waals surface area contributed by atoms with Gasteiger partial charge in [0.15, 0.2) is 10.3 Å². The Morgan fingerprint density at radius 1 is 0.750 bits per heavy atom. The fraction of sp³-hybridized carbons (Fsp3) is 0.103. The minimum atomic E-state index is 0.241. The highest BCUT2D eigenvalue weighted by molar-refractivity contribution is 7.97. The monoisotopic (exact) mass is 584 g/mol. The van der Waals surface area contributed by atoms with Crippen LogP contribution in [0.2, 0.25) is 0 Å². The Hall–Kier alpha value is -4.06. The average Bonchev–Trinajstić information content (AvgIpc) is 3.42. The Morgan fingerprint density at radius 3 is 1.95 bits per heavy atom. The lowest BCUT2D eigenvalue weighted by Crippen LogP contribution is -2.12.